The molecule has 1 aromatic rings. The Bertz CT molecular complexity index is 374. The number of nitrogens with zero attached hydrogens (tertiary/aromatic N) is 1. The lowest BCUT2D eigenvalue weighted by Crippen LogP contribution is -2.28. The van der Waals surface area contributed by atoms with Gasteiger partial charge in [-0.3, -0.25) is 0 Å². The number of hydrogen-bond acceptors (Lipinski definition) is 3. The predicted octanol–water partition coefficient (Wildman–Crippen LogP) is 2.07. The van der Waals surface area contributed by atoms with E-state index in [2.05, 4.69) is 4.90 Å². The molecule has 2 N–H and O–H groups in total. The molecule has 0 aromatic heterocycles. The number of halogens is 1. The van der Waals surface area contributed by atoms with Gasteiger partial charge in [0.1, 0.15) is 5.82 Å². The zero-order chi connectivity index (χ0) is 12.3. The molecule has 94 valence electrons. The minimum absolute atomic E-state index is 0.220. The molecule has 1 aliphatic rings. The Hall–Kier alpha value is -1.13. The summed E-state index contributed by atoms with van der Waals surface area (Å²) in [6.07, 6.45) is 0.967. The van der Waals surface area contributed by atoms with Gasteiger partial charge >= 0.3 is 0 Å². The van der Waals surface area contributed by atoms with Crippen LogP contribution in [0.1, 0.15) is 24.9 Å². The van der Waals surface area contributed by atoms with Crippen LogP contribution in [0.3, 0.4) is 0 Å². The Kier molecular flexibility index (Phi) is 3.97. The van der Waals surface area contributed by atoms with E-state index in [4.69, 9.17) is 10.5 Å². The van der Waals surface area contributed by atoms with Gasteiger partial charge in [0.05, 0.1) is 6.61 Å². The molecular formula is C13H19FN2O. The summed E-state index contributed by atoms with van der Waals surface area (Å²) in [6, 6.07) is 4.85. The molecule has 0 saturated carbocycles. The molecule has 0 radical (unpaired) electrons. The van der Waals surface area contributed by atoms with Crippen LogP contribution < -0.4 is 10.6 Å². The van der Waals surface area contributed by atoms with Crippen molar-refractivity contribution in [2.45, 2.75) is 19.4 Å². The first-order valence-electron chi connectivity index (χ1n) is 6.07. The van der Waals surface area contributed by atoms with Gasteiger partial charge in [-0.2, -0.15) is 0 Å². The van der Waals surface area contributed by atoms with Crippen molar-refractivity contribution in [2.24, 2.45) is 5.73 Å². The summed E-state index contributed by atoms with van der Waals surface area (Å²) in [7, 11) is 0. The fourth-order valence-corrected chi connectivity index (χ4v) is 2.24. The predicted molar refractivity (Wildman–Crippen MR) is 66.7 cm³/mol. The Balaban J connectivity index is 2.32. The van der Waals surface area contributed by atoms with Crippen LogP contribution in [-0.2, 0) is 4.74 Å². The van der Waals surface area contributed by atoms with Crippen molar-refractivity contribution in [3.63, 3.8) is 0 Å². The van der Waals surface area contributed by atoms with E-state index < -0.39 is 0 Å². The summed E-state index contributed by atoms with van der Waals surface area (Å²) in [5.74, 6) is -0.220. The molecule has 0 aliphatic carbocycles. The molecule has 3 nitrogen and oxygen atoms in total. The van der Waals surface area contributed by atoms with Crippen LogP contribution >= 0.6 is 0 Å². The molecular weight excluding hydrogens is 219 g/mol. The minimum Gasteiger partial charge on any atom is -0.380 e. The van der Waals surface area contributed by atoms with Crippen LogP contribution in [0.15, 0.2) is 18.2 Å². The number of ether oxygens (including phenoxy) is 1. The smallest absolute Gasteiger partial charge is 0.130 e. The van der Waals surface area contributed by atoms with Crippen molar-refractivity contribution in [1.29, 1.82) is 0 Å². The second kappa shape index (κ2) is 5.47. The Morgan fingerprint density at radius 1 is 1.35 bits per heavy atom. The Morgan fingerprint density at radius 3 is 2.94 bits per heavy atom. The van der Waals surface area contributed by atoms with Gasteiger partial charge in [0, 0.05) is 37.0 Å². The molecule has 17 heavy (non-hydrogen) atoms. The molecule has 2 rings (SSSR count). The zero-order valence-corrected chi connectivity index (χ0v) is 10.2. The van der Waals surface area contributed by atoms with Crippen molar-refractivity contribution >= 4 is 5.69 Å². The van der Waals surface area contributed by atoms with E-state index >= 15 is 0 Å². The molecule has 1 atom stereocenters. The molecule has 0 spiro atoms. The Labute approximate surface area is 101 Å². The summed E-state index contributed by atoms with van der Waals surface area (Å²) >= 11 is 0. The molecule has 0 unspecified atom stereocenters. The second-order valence-corrected chi connectivity index (χ2v) is 4.41. The zero-order valence-electron chi connectivity index (χ0n) is 10.2. The highest BCUT2D eigenvalue weighted by Crippen LogP contribution is 2.28. The Morgan fingerprint density at radius 2 is 2.18 bits per heavy atom. The number of rotatable bonds is 2. The first-order valence-corrected chi connectivity index (χ1v) is 6.07. The molecule has 1 aromatic carbocycles. The largest absolute Gasteiger partial charge is 0.380 e. The van der Waals surface area contributed by atoms with Gasteiger partial charge in [0.2, 0.25) is 0 Å². The standard InChI is InChI=1S/C13H19FN2O/c1-10(15)13-11(14)4-2-5-12(13)16-6-3-8-17-9-7-16/h2,4-5,10H,3,6-9,15H2,1H3/t10-/m1/s1. The fraction of sp³-hybridized carbons (Fsp3) is 0.538. The summed E-state index contributed by atoms with van der Waals surface area (Å²) in [5.41, 5.74) is 7.38. The quantitative estimate of drug-likeness (QED) is 0.857. The third kappa shape index (κ3) is 2.76. The first kappa shape index (κ1) is 12.3. The normalized spacial score (nSPS) is 18.9. The van der Waals surface area contributed by atoms with Gasteiger partial charge in [-0.25, -0.2) is 4.39 Å². The lowest BCUT2D eigenvalue weighted by Gasteiger charge is -2.26. The van der Waals surface area contributed by atoms with Crippen LogP contribution in [0, 0.1) is 5.82 Å². The average molecular weight is 238 g/mol. The van der Waals surface area contributed by atoms with Gasteiger partial charge in [-0.15, -0.1) is 0 Å². The summed E-state index contributed by atoms with van der Waals surface area (Å²) in [6.45, 7) is 4.97. The van der Waals surface area contributed by atoms with Crippen molar-refractivity contribution in [3.8, 4) is 0 Å². The lowest BCUT2D eigenvalue weighted by molar-refractivity contribution is 0.152. The molecule has 1 heterocycles. The monoisotopic (exact) mass is 238 g/mol. The van der Waals surface area contributed by atoms with Crippen molar-refractivity contribution in [1.82, 2.24) is 0 Å². The molecule has 0 amide bonds. The van der Waals surface area contributed by atoms with Crippen molar-refractivity contribution in [2.75, 3.05) is 31.2 Å². The number of benzene rings is 1. The van der Waals surface area contributed by atoms with E-state index in [1.54, 1.807) is 6.07 Å². The number of hydrogen-bond donors (Lipinski definition) is 1. The topological polar surface area (TPSA) is 38.5 Å². The minimum atomic E-state index is -0.296. The van der Waals surface area contributed by atoms with E-state index in [0.29, 0.717) is 12.2 Å². The fourth-order valence-electron chi connectivity index (χ4n) is 2.24. The number of nitrogens with two attached hydrogens (primary N) is 1. The highest BCUT2D eigenvalue weighted by molar-refractivity contribution is 5.55. The number of anilines is 1. The van der Waals surface area contributed by atoms with Crippen LogP contribution in [0.2, 0.25) is 0 Å². The van der Waals surface area contributed by atoms with E-state index in [-0.39, 0.29) is 11.9 Å². The maximum Gasteiger partial charge on any atom is 0.130 e. The van der Waals surface area contributed by atoms with E-state index in [9.17, 15) is 4.39 Å². The van der Waals surface area contributed by atoms with Gasteiger partial charge in [0.25, 0.3) is 0 Å². The molecule has 1 aliphatic heterocycles. The average Bonchev–Trinajstić information content (AvgIpc) is 2.56. The van der Waals surface area contributed by atoms with E-state index in [1.165, 1.54) is 6.07 Å². The lowest BCUT2D eigenvalue weighted by atomic mass is 10.0. The highest BCUT2D eigenvalue weighted by Gasteiger charge is 2.18. The molecule has 4 heteroatoms. The maximum absolute atomic E-state index is 13.8. The van der Waals surface area contributed by atoms with Gasteiger partial charge in [0.15, 0.2) is 0 Å². The van der Waals surface area contributed by atoms with E-state index in [0.717, 1.165) is 31.8 Å². The molecule has 0 bridgehead atoms. The van der Waals surface area contributed by atoms with Gasteiger partial charge in [-0.05, 0) is 25.5 Å². The van der Waals surface area contributed by atoms with Crippen molar-refractivity contribution < 1.29 is 9.13 Å². The third-order valence-corrected chi connectivity index (χ3v) is 3.05. The van der Waals surface area contributed by atoms with Gasteiger partial charge < -0.3 is 15.4 Å². The van der Waals surface area contributed by atoms with Crippen LogP contribution in [0.5, 0.6) is 0 Å². The molecule has 1 fully saturated rings. The maximum atomic E-state index is 13.8. The van der Waals surface area contributed by atoms with Crippen molar-refractivity contribution in [3.05, 3.63) is 29.6 Å². The summed E-state index contributed by atoms with van der Waals surface area (Å²) in [5, 5.41) is 0. The summed E-state index contributed by atoms with van der Waals surface area (Å²) < 4.78 is 19.2. The summed E-state index contributed by atoms with van der Waals surface area (Å²) in [4.78, 5) is 2.16. The van der Waals surface area contributed by atoms with Gasteiger partial charge in [-0.1, -0.05) is 6.07 Å². The first-order chi connectivity index (χ1) is 8.20. The van der Waals surface area contributed by atoms with Crippen LogP contribution in [0.4, 0.5) is 10.1 Å². The SMILES string of the molecule is C[C@@H](N)c1c(F)cccc1N1CCCOCC1. The van der Waals surface area contributed by atoms with Crippen LogP contribution in [-0.4, -0.2) is 26.3 Å². The second-order valence-electron chi connectivity index (χ2n) is 4.41. The van der Waals surface area contributed by atoms with Crippen LogP contribution in [0.25, 0.3) is 0 Å². The third-order valence-electron chi connectivity index (χ3n) is 3.05. The highest BCUT2D eigenvalue weighted by atomic mass is 19.1. The molecule has 1 saturated heterocycles. The van der Waals surface area contributed by atoms with E-state index in [1.807, 2.05) is 13.0 Å².